The van der Waals surface area contributed by atoms with E-state index in [-0.39, 0.29) is 0 Å². The van der Waals surface area contributed by atoms with Crippen molar-refractivity contribution >= 4 is 6.09 Å². The minimum atomic E-state index is -0.475. The zero-order chi connectivity index (χ0) is 10.1. The summed E-state index contributed by atoms with van der Waals surface area (Å²) in [4.78, 5) is 11.4. The Morgan fingerprint density at radius 3 is 2.54 bits per heavy atom. The van der Waals surface area contributed by atoms with Gasteiger partial charge in [-0.15, -0.1) is 0 Å². The lowest BCUT2D eigenvalue weighted by molar-refractivity contribution is 0.0514. The average molecular weight is 182 g/mol. The zero-order valence-electron chi connectivity index (χ0n) is 8.37. The SMILES string of the molecule is Cc1cnn(C(=O)OC(C)(C)C)c1. The minimum Gasteiger partial charge on any atom is -0.442 e. The third kappa shape index (κ3) is 2.89. The quantitative estimate of drug-likeness (QED) is 0.616. The Hall–Kier alpha value is -1.32. The van der Waals surface area contributed by atoms with Crippen LogP contribution in [0.5, 0.6) is 0 Å². The van der Waals surface area contributed by atoms with Crippen LogP contribution in [0.4, 0.5) is 4.79 Å². The molecule has 0 aliphatic heterocycles. The highest BCUT2D eigenvalue weighted by atomic mass is 16.6. The van der Waals surface area contributed by atoms with Crippen molar-refractivity contribution in [2.75, 3.05) is 0 Å². The molecule has 1 aromatic heterocycles. The maximum atomic E-state index is 11.4. The van der Waals surface area contributed by atoms with Crippen molar-refractivity contribution in [2.45, 2.75) is 33.3 Å². The van der Waals surface area contributed by atoms with Crippen LogP contribution in [0.25, 0.3) is 0 Å². The van der Waals surface area contributed by atoms with Crippen molar-refractivity contribution in [1.29, 1.82) is 0 Å². The van der Waals surface area contributed by atoms with Crippen LogP contribution in [-0.2, 0) is 4.74 Å². The van der Waals surface area contributed by atoms with Gasteiger partial charge in [0.05, 0.1) is 6.20 Å². The second kappa shape index (κ2) is 3.20. The average Bonchev–Trinajstić information content (AvgIpc) is 2.31. The van der Waals surface area contributed by atoms with Gasteiger partial charge in [-0.3, -0.25) is 0 Å². The molecule has 0 aliphatic carbocycles. The highest BCUT2D eigenvalue weighted by Crippen LogP contribution is 2.08. The van der Waals surface area contributed by atoms with Crippen molar-refractivity contribution in [3.05, 3.63) is 18.0 Å². The van der Waals surface area contributed by atoms with Crippen molar-refractivity contribution in [1.82, 2.24) is 9.78 Å². The molecule has 0 radical (unpaired) electrons. The van der Waals surface area contributed by atoms with E-state index in [0.29, 0.717) is 0 Å². The summed E-state index contributed by atoms with van der Waals surface area (Å²) < 4.78 is 6.29. The molecule has 1 heterocycles. The predicted molar refractivity (Wildman–Crippen MR) is 48.6 cm³/mol. The van der Waals surface area contributed by atoms with E-state index in [1.54, 1.807) is 12.4 Å². The van der Waals surface area contributed by atoms with Gasteiger partial charge in [0.1, 0.15) is 5.60 Å². The molecule has 0 spiro atoms. The van der Waals surface area contributed by atoms with Crippen LogP contribution >= 0.6 is 0 Å². The van der Waals surface area contributed by atoms with Gasteiger partial charge in [-0.1, -0.05) is 0 Å². The first-order valence-electron chi connectivity index (χ1n) is 4.13. The molecule has 4 nitrogen and oxygen atoms in total. The maximum absolute atomic E-state index is 11.4. The first-order chi connectivity index (χ1) is 5.88. The molecular weight excluding hydrogens is 168 g/mol. The van der Waals surface area contributed by atoms with Gasteiger partial charge in [-0.05, 0) is 33.3 Å². The summed E-state index contributed by atoms with van der Waals surface area (Å²) in [5, 5.41) is 3.84. The molecule has 0 saturated heterocycles. The number of hydrogen-bond donors (Lipinski definition) is 0. The van der Waals surface area contributed by atoms with E-state index in [9.17, 15) is 4.79 Å². The second-order valence-electron chi connectivity index (χ2n) is 3.94. The molecule has 0 saturated carbocycles. The molecule has 0 fully saturated rings. The van der Waals surface area contributed by atoms with E-state index in [4.69, 9.17) is 4.74 Å². The molecule has 1 rings (SSSR count). The van der Waals surface area contributed by atoms with E-state index in [2.05, 4.69) is 5.10 Å². The van der Waals surface area contributed by atoms with Crippen molar-refractivity contribution in [3.63, 3.8) is 0 Å². The van der Waals surface area contributed by atoms with E-state index in [1.807, 2.05) is 27.7 Å². The lowest BCUT2D eigenvalue weighted by Crippen LogP contribution is -2.27. The van der Waals surface area contributed by atoms with Gasteiger partial charge < -0.3 is 4.74 Å². The number of aromatic nitrogens is 2. The Kier molecular flexibility index (Phi) is 2.40. The minimum absolute atomic E-state index is 0.444. The Morgan fingerprint density at radius 1 is 1.54 bits per heavy atom. The highest BCUT2D eigenvalue weighted by Gasteiger charge is 2.17. The molecular formula is C9H14N2O2. The summed E-state index contributed by atoms with van der Waals surface area (Å²) in [7, 11) is 0. The predicted octanol–water partition coefficient (Wildman–Crippen LogP) is 1.97. The van der Waals surface area contributed by atoms with Crippen molar-refractivity contribution in [3.8, 4) is 0 Å². The third-order valence-electron chi connectivity index (χ3n) is 1.29. The molecule has 1 aromatic rings. The Bertz CT molecular complexity index is 310. The van der Waals surface area contributed by atoms with E-state index in [1.165, 1.54) is 4.68 Å². The molecule has 0 amide bonds. The second-order valence-corrected chi connectivity index (χ2v) is 3.94. The number of carbonyl (C=O) groups excluding carboxylic acids is 1. The first-order valence-corrected chi connectivity index (χ1v) is 4.13. The normalized spacial score (nSPS) is 11.4. The fourth-order valence-electron chi connectivity index (χ4n) is 0.821. The molecule has 0 aliphatic rings. The van der Waals surface area contributed by atoms with Crippen LogP contribution in [0.2, 0.25) is 0 Å². The number of aryl methyl sites for hydroxylation is 1. The van der Waals surface area contributed by atoms with Gasteiger partial charge in [0, 0.05) is 6.20 Å². The van der Waals surface area contributed by atoms with Gasteiger partial charge in [-0.2, -0.15) is 9.78 Å². The topological polar surface area (TPSA) is 44.1 Å². The summed E-state index contributed by atoms with van der Waals surface area (Å²) in [6, 6.07) is 0. The largest absolute Gasteiger partial charge is 0.442 e. The molecule has 72 valence electrons. The smallest absolute Gasteiger partial charge is 0.435 e. The van der Waals surface area contributed by atoms with Crippen LogP contribution in [0.15, 0.2) is 12.4 Å². The molecule has 4 heteroatoms. The number of rotatable bonds is 0. The van der Waals surface area contributed by atoms with Gasteiger partial charge in [-0.25, -0.2) is 4.79 Å². The van der Waals surface area contributed by atoms with Crippen LogP contribution in [0.1, 0.15) is 26.3 Å². The van der Waals surface area contributed by atoms with Crippen molar-refractivity contribution < 1.29 is 9.53 Å². The van der Waals surface area contributed by atoms with Gasteiger partial charge in [0.25, 0.3) is 0 Å². The van der Waals surface area contributed by atoms with E-state index < -0.39 is 11.7 Å². The van der Waals surface area contributed by atoms with Crippen LogP contribution in [0.3, 0.4) is 0 Å². The summed E-state index contributed by atoms with van der Waals surface area (Å²) in [6.45, 7) is 7.33. The monoisotopic (exact) mass is 182 g/mol. The lowest BCUT2D eigenvalue weighted by Gasteiger charge is -2.18. The standard InChI is InChI=1S/C9H14N2O2/c1-7-5-10-11(6-7)8(12)13-9(2,3)4/h5-6H,1-4H3. The Labute approximate surface area is 77.5 Å². The molecule has 0 aromatic carbocycles. The van der Waals surface area contributed by atoms with Gasteiger partial charge >= 0.3 is 6.09 Å². The molecule has 0 unspecified atom stereocenters. The maximum Gasteiger partial charge on any atom is 0.435 e. The van der Waals surface area contributed by atoms with E-state index >= 15 is 0 Å². The fourth-order valence-corrected chi connectivity index (χ4v) is 0.821. The number of nitrogens with zero attached hydrogens (tertiary/aromatic N) is 2. The third-order valence-corrected chi connectivity index (χ3v) is 1.29. The molecule has 0 atom stereocenters. The number of ether oxygens (including phenoxy) is 1. The highest BCUT2D eigenvalue weighted by molar-refractivity contribution is 5.69. The number of carbonyl (C=O) groups is 1. The Balaban J connectivity index is 2.70. The molecule has 0 N–H and O–H groups in total. The molecule has 13 heavy (non-hydrogen) atoms. The zero-order valence-corrected chi connectivity index (χ0v) is 8.37. The summed E-state index contributed by atoms with van der Waals surface area (Å²) in [6.07, 6.45) is 2.80. The summed E-state index contributed by atoms with van der Waals surface area (Å²) >= 11 is 0. The van der Waals surface area contributed by atoms with Gasteiger partial charge in [0.2, 0.25) is 0 Å². The summed E-state index contributed by atoms with van der Waals surface area (Å²) in [5.74, 6) is 0. The van der Waals surface area contributed by atoms with Gasteiger partial charge in [0.15, 0.2) is 0 Å². The summed E-state index contributed by atoms with van der Waals surface area (Å²) in [5.41, 5.74) is 0.461. The van der Waals surface area contributed by atoms with Crippen LogP contribution in [-0.4, -0.2) is 21.5 Å². The first kappa shape index (κ1) is 9.77. The van der Waals surface area contributed by atoms with E-state index in [0.717, 1.165) is 5.56 Å². The number of hydrogen-bond acceptors (Lipinski definition) is 3. The fraction of sp³-hybridized carbons (Fsp3) is 0.556. The van der Waals surface area contributed by atoms with Crippen LogP contribution in [0, 0.1) is 6.92 Å². The lowest BCUT2D eigenvalue weighted by atomic mass is 10.2. The molecule has 0 bridgehead atoms. The Morgan fingerprint density at radius 2 is 2.15 bits per heavy atom. The van der Waals surface area contributed by atoms with Crippen LogP contribution < -0.4 is 0 Å². The van der Waals surface area contributed by atoms with Crippen molar-refractivity contribution in [2.24, 2.45) is 0 Å².